The standard InChI is InChI=1S/C17H16FN5O/c1-11(2)23-16(20-21-22-23)12-4-3-5-13(10-12)17(24)19-15-8-6-14(18)7-9-15/h3-11H,1-2H3,(H,19,24). The third kappa shape index (κ3) is 3.29. The first-order valence-electron chi connectivity index (χ1n) is 7.50. The molecule has 7 heteroatoms. The molecule has 0 saturated carbocycles. The lowest BCUT2D eigenvalue weighted by Gasteiger charge is -2.09. The van der Waals surface area contributed by atoms with Gasteiger partial charge in [0.05, 0.1) is 6.04 Å². The fraction of sp³-hybridized carbons (Fsp3) is 0.176. The Morgan fingerprint density at radius 3 is 2.62 bits per heavy atom. The summed E-state index contributed by atoms with van der Waals surface area (Å²) in [5.74, 6) is -0.0380. The van der Waals surface area contributed by atoms with Gasteiger partial charge in [-0.05, 0) is 60.7 Å². The number of tetrazole rings is 1. The van der Waals surface area contributed by atoms with Gasteiger partial charge in [0.1, 0.15) is 5.82 Å². The molecule has 0 spiro atoms. The van der Waals surface area contributed by atoms with Crippen LogP contribution in [0.1, 0.15) is 30.2 Å². The van der Waals surface area contributed by atoms with Crippen LogP contribution in [0.15, 0.2) is 48.5 Å². The van der Waals surface area contributed by atoms with Crippen molar-refractivity contribution in [3.8, 4) is 11.4 Å². The van der Waals surface area contributed by atoms with Crippen LogP contribution in [0.3, 0.4) is 0 Å². The van der Waals surface area contributed by atoms with Crippen molar-refractivity contribution >= 4 is 11.6 Å². The van der Waals surface area contributed by atoms with Crippen LogP contribution in [-0.2, 0) is 0 Å². The number of anilines is 1. The summed E-state index contributed by atoms with van der Waals surface area (Å²) in [5, 5.41) is 14.4. The maximum absolute atomic E-state index is 12.9. The summed E-state index contributed by atoms with van der Waals surface area (Å²) in [7, 11) is 0. The molecule has 0 bridgehead atoms. The van der Waals surface area contributed by atoms with Gasteiger partial charge < -0.3 is 5.32 Å². The lowest BCUT2D eigenvalue weighted by Crippen LogP contribution is -2.12. The van der Waals surface area contributed by atoms with Gasteiger partial charge in [-0.2, -0.15) is 0 Å². The van der Waals surface area contributed by atoms with Gasteiger partial charge >= 0.3 is 0 Å². The second-order valence-electron chi connectivity index (χ2n) is 5.58. The lowest BCUT2D eigenvalue weighted by atomic mass is 10.1. The Labute approximate surface area is 138 Å². The topological polar surface area (TPSA) is 72.7 Å². The molecule has 6 nitrogen and oxygen atoms in total. The minimum atomic E-state index is -0.351. The first-order valence-corrected chi connectivity index (χ1v) is 7.50. The number of amides is 1. The monoisotopic (exact) mass is 325 g/mol. The highest BCUT2D eigenvalue weighted by Gasteiger charge is 2.14. The molecule has 0 aliphatic heterocycles. The second-order valence-corrected chi connectivity index (χ2v) is 5.58. The van der Waals surface area contributed by atoms with E-state index < -0.39 is 0 Å². The molecule has 1 amide bonds. The summed E-state index contributed by atoms with van der Waals surface area (Å²) < 4.78 is 14.6. The minimum Gasteiger partial charge on any atom is -0.322 e. The van der Waals surface area contributed by atoms with E-state index in [1.54, 1.807) is 22.9 Å². The van der Waals surface area contributed by atoms with Gasteiger partial charge in [-0.25, -0.2) is 9.07 Å². The van der Waals surface area contributed by atoms with Crippen LogP contribution in [-0.4, -0.2) is 26.1 Å². The Balaban J connectivity index is 1.86. The molecular weight excluding hydrogens is 309 g/mol. The molecule has 3 aromatic rings. The van der Waals surface area contributed by atoms with Crippen molar-refractivity contribution in [1.29, 1.82) is 0 Å². The third-order valence-corrected chi connectivity index (χ3v) is 3.47. The van der Waals surface area contributed by atoms with E-state index in [1.807, 2.05) is 19.9 Å². The molecule has 0 saturated heterocycles. The van der Waals surface area contributed by atoms with Crippen molar-refractivity contribution in [1.82, 2.24) is 20.2 Å². The van der Waals surface area contributed by atoms with E-state index in [-0.39, 0.29) is 17.8 Å². The molecule has 0 unspecified atom stereocenters. The first-order chi connectivity index (χ1) is 11.5. The van der Waals surface area contributed by atoms with Gasteiger partial charge in [-0.3, -0.25) is 4.79 Å². The van der Waals surface area contributed by atoms with Crippen LogP contribution in [0, 0.1) is 5.82 Å². The van der Waals surface area contributed by atoms with Gasteiger partial charge in [0.25, 0.3) is 5.91 Å². The van der Waals surface area contributed by atoms with Gasteiger partial charge in [0.15, 0.2) is 5.82 Å². The maximum atomic E-state index is 12.9. The van der Waals surface area contributed by atoms with Crippen LogP contribution < -0.4 is 5.32 Å². The van der Waals surface area contributed by atoms with Crippen LogP contribution in [0.2, 0.25) is 0 Å². The zero-order chi connectivity index (χ0) is 17.1. The fourth-order valence-corrected chi connectivity index (χ4v) is 2.27. The summed E-state index contributed by atoms with van der Waals surface area (Å²) >= 11 is 0. The van der Waals surface area contributed by atoms with Crippen molar-refractivity contribution in [2.45, 2.75) is 19.9 Å². The Hall–Kier alpha value is -3.09. The van der Waals surface area contributed by atoms with Crippen LogP contribution in [0.25, 0.3) is 11.4 Å². The number of rotatable bonds is 4. The highest BCUT2D eigenvalue weighted by atomic mass is 19.1. The average Bonchev–Trinajstić information content (AvgIpc) is 3.07. The number of carbonyl (C=O) groups is 1. The van der Waals surface area contributed by atoms with Gasteiger partial charge in [-0.15, -0.1) is 5.10 Å². The second kappa shape index (κ2) is 6.57. The van der Waals surface area contributed by atoms with Crippen molar-refractivity contribution in [2.75, 3.05) is 5.32 Å². The molecule has 0 aliphatic rings. The zero-order valence-corrected chi connectivity index (χ0v) is 13.3. The zero-order valence-electron chi connectivity index (χ0n) is 13.3. The number of nitrogens with one attached hydrogen (secondary N) is 1. The summed E-state index contributed by atoms with van der Waals surface area (Å²) in [6.45, 7) is 3.95. The minimum absolute atomic E-state index is 0.103. The molecule has 1 heterocycles. The molecule has 24 heavy (non-hydrogen) atoms. The van der Waals surface area contributed by atoms with Gasteiger partial charge in [0.2, 0.25) is 0 Å². The van der Waals surface area contributed by atoms with Crippen molar-refractivity contribution < 1.29 is 9.18 Å². The molecule has 2 aromatic carbocycles. The predicted octanol–water partition coefficient (Wildman–Crippen LogP) is 3.31. The van der Waals surface area contributed by atoms with Crippen LogP contribution >= 0.6 is 0 Å². The molecule has 0 aliphatic carbocycles. The van der Waals surface area contributed by atoms with Gasteiger partial charge in [0, 0.05) is 16.8 Å². The van der Waals surface area contributed by atoms with Crippen molar-refractivity contribution in [3.63, 3.8) is 0 Å². The first kappa shape index (κ1) is 15.8. The highest BCUT2D eigenvalue weighted by Crippen LogP contribution is 2.20. The molecule has 0 radical (unpaired) electrons. The van der Waals surface area contributed by atoms with E-state index in [0.29, 0.717) is 17.1 Å². The van der Waals surface area contributed by atoms with E-state index in [9.17, 15) is 9.18 Å². The predicted molar refractivity (Wildman–Crippen MR) is 88.0 cm³/mol. The number of benzene rings is 2. The van der Waals surface area contributed by atoms with Crippen molar-refractivity contribution in [2.24, 2.45) is 0 Å². The van der Waals surface area contributed by atoms with E-state index in [1.165, 1.54) is 24.3 Å². The molecular formula is C17H16FN5O. The molecule has 1 aromatic heterocycles. The largest absolute Gasteiger partial charge is 0.322 e. The SMILES string of the molecule is CC(C)n1nnnc1-c1cccc(C(=O)Nc2ccc(F)cc2)c1. The number of halogens is 1. The van der Waals surface area contributed by atoms with Gasteiger partial charge in [-0.1, -0.05) is 12.1 Å². The fourth-order valence-electron chi connectivity index (χ4n) is 2.27. The molecule has 0 atom stereocenters. The van der Waals surface area contributed by atoms with E-state index >= 15 is 0 Å². The Kier molecular flexibility index (Phi) is 4.33. The van der Waals surface area contributed by atoms with E-state index in [4.69, 9.17) is 0 Å². The normalized spacial score (nSPS) is 10.8. The number of carbonyl (C=O) groups excluding carboxylic acids is 1. The van der Waals surface area contributed by atoms with Crippen molar-refractivity contribution in [3.05, 3.63) is 59.9 Å². The number of aromatic nitrogens is 4. The summed E-state index contributed by atoms with van der Waals surface area (Å²) in [6, 6.07) is 12.8. The Bertz CT molecular complexity index is 857. The highest BCUT2D eigenvalue weighted by molar-refractivity contribution is 6.04. The summed E-state index contributed by atoms with van der Waals surface area (Å²) in [4.78, 5) is 12.4. The smallest absolute Gasteiger partial charge is 0.255 e. The van der Waals surface area contributed by atoms with Crippen LogP contribution in [0.5, 0.6) is 0 Å². The summed E-state index contributed by atoms with van der Waals surface area (Å²) in [5.41, 5.74) is 1.74. The average molecular weight is 325 g/mol. The maximum Gasteiger partial charge on any atom is 0.255 e. The molecule has 3 rings (SSSR count). The lowest BCUT2D eigenvalue weighted by molar-refractivity contribution is 0.102. The quantitative estimate of drug-likeness (QED) is 0.799. The number of nitrogens with zero attached hydrogens (tertiary/aromatic N) is 4. The molecule has 1 N–H and O–H groups in total. The summed E-state index contributed by atoms with van der Waals surface area (Å²) in [6.07, 6.45) is 0. The van der Waals surface area contributed by atoms with E-state index in [0.717, 1.165) is 5.56 Å². The molecule has 122 valence electrons. The Morgan fingerprint density at radius 2 is 1.92 bits per heavy atom. The van der Waals surface area contributed by atoms with Crippen LogP contribution in [0.4, 0.5) is 10.1 Å². The number of hydrogen-bond acceptors (Lipinski definition) is 4. The number of hydrogen-bond donors (Lipinski definition) is 1. The third-order valence-electron chi connectivity index (χ3n) is 3.47. The molecule has 0 fully saturated rings. The van der Waals surface area contributed by atoms with E-state index in [2.05, 4.69) is 20.8 Å². The Morgan fingerprint density at radius 1 is 1.17 bits per heavy atom.